The largest absolute Gasteiger partial charge is 0.493 e. The van der Waals surface area contributed by atoms with Crippen LogP contribution in [0.15, 0.2) is 42.7 Å². The molecular weight excluding hydrogens is 408 g/mol. The maximum atomic E-state index is 5.42. The molecule has 0 amide bonds. The van der Waals surface area contributed by atoms with E-state index in [0.717, 1.165) is 42.4 Å². The molecule has 0 saturated carbocycles. The second-order valence-electron chi connectivity index (χ2n) is 7.51. The Balaban J connectivity index is 1.54. The van der Waals surface area contributed by atoms with Crippen molar-refractivity contribution >= 4 is 17.5 Å². The predicted molar refractivity (Wildman–Crippen MR) is 124 cm³/mol. The molecule has 0 bridgehead atoms. The topological polar surface area (TPSA) is 93.7 Å². The van der Waals surface area contributed by atoms with E-state index in [-0.39, 0.29) is 0 Å². The van der Waals surface area contributed by atoms with Gasteiger partial charge in [-0.1, -0.05) is 0 Å². The van der Waals surface area contributed by atoms with E-state index in [1.165, 1.54) is 0 Å². The first-order valence-electron chi connectivity index (χ1n) is 10.5. The van der Waals surface area contributed by atoms with Crippen LogP contribution >= 0.6 is 0 Å². The molecule has 2 aromatic heterocycles. The third-order valence-corrected chi connectivity index (χ3v) is 5.31. The Hall–Kier alpha value is -3.59. The third kappa shape index (κ3) is 4.67. The molecule has 3 aromatic rings. The quantitative estimate of drug-likeness (QED) is 0.579. The van der Waals surface area contributed by atoms with Gasteiger partial charge in [0.1, 0.15) is 5.82 Å². The van der Waals surface area contributed by atoms with E-state index in [1.54, 1.807) is 27.5 Å². The predicted octanol–water partition coefficient (Wildman–Crippen LogP) is 3.11. The van der Waals surface area contributed by atoms with Crippen molar-refractivity contribution in [3.8, 4) is 28.5 Å². The van der Waals surface area contributed by atoms with Gasteiger partial charge in [-0.05, 0) is 25.1 Å². The van der Waals surface area contributed by atoms with Crippen molar-refractivity contribution in [3.05, 3.63) is 42.7 Å². The highest BCUT2D eigenvalue weighted by Crippen LogP contribution is 2.40. The summed E-state index contributed by atoms with van der Waals surface area (Å²) in [6, 6.07) is 10.0. The molecule has 2 N–H and O–H groups in total. The Kier molecular flexibility index (Phi) is 6.55. The number of pyridine rings is 1. The molecule has 1 saturated heterocycles. The molecule has 1 fully saturated rings. The normalized spacial score (nSPS) is 15.9. The van der Waals surface area contributed by atoms with Gasteiger partial charge in [-0.3, -0.25) is 0 Å². The number of piperazine rings is 1. The summed E-state index contributed by atoms with van der Waals surface area (Å²) in [5.74, 6) is 3.06. The molecule has 0 unspecified atom stereocenters. The maximum absolute atomic E-state index is 5.42. The molecule has 0 radical (unpaired) electrons. The highest BCUT2D eigenvalue weighted by Gasteiger charge is 2.17. The fourth-order valence-corrected chi connectivity index (χ4v) is 3.73. The van der Waals surface area contributed by atoms with E-state index in [4.69, 9.17) is 14.2 Å². The lowest BCUT2D eigenvalue weighted by Gasteiger charge is -2.32. The van der Waals surface area contributed by atoms with Gasteiger partial charge in [0.15, 0.2) is 11.5 Å². The van der Waals surface area contributed by atoms with Gasteiger partial charge in [0.2, 0.25) is 11.7 Å². The molecule has 0 aliphatic carbocycles. The molecule has 4 rings (SSSR count). The Morgan fingerprint density at radius 3 is 2.44 bits per heavy atom. The Morgan fingerprint density at radius 2 is 1.81 bits per heavy atom. The van der Waals surface area contributed by atoms with Gasteiger partial charge in [-0.15, -0.1) is 0 Å². The Morgan fingerprint density at radius 1 is 1.03 bits per heavy atom. The van der Waals surface area contributed by atoms with Crippen LogP contribution in [0.1, 0.15) is 6.92 Å². The number of rotatable bonds is 7. The Bertz CT molecular complexity index is 1030. The average molecular weight is 437 g/mol. The van der Waals surface area contributed by atoms with Gasteiger partial charge < -0.3 is 29.7 Å². The van der Waals surface area contributed by atoms with Crippen LogP contribution in [0.3, 0.4) is 0 Å². The average Bonchev–Trinajstić information content (AvgIpc) is 2.83. The third-order valence-electron chi connectivity index (χ3n) is 5.31. The molecule has 9 heteroatoms. The summed E-state index contributed by atoms with van der Waals surface area (Å²) in [4.78, 5) is 15.9. The van der Waals surface area contributed by atoms with Crippen molar-refractivity contribution in [3.63, 3.8) is 0 Å². The van der Waals surface area contributed by atoms with Crippen LogP contribution < -0.4 is 29.7 Å². The van der Waals surface area contributed by atoms with Crippen LogP contribution in [0.5, 0.6) is 17.2 Å². The number of aromatic nitrogens is 3. The van der Waals surface area contributed by atoms with Crippen LogP contribution in [-0.4, -0.2) is 62.0 Å². The van der Waals surface area contributed by atoms with Crippen LogP contribution in [0.4, 0.5) is 17.5 Å². The first-order valence-corrected chi connectivity index (χ1v) is 10.5. The molecule has 32 heavy (non-hydrogen) atoms. The van der Waals surface area contributed by atoms with Crippen LogP contribution in [-0.2, 0) is 0 Å². The van der Waals surface area contributed by atoms with Crippen LogP contribution in [0.25, 0.3) is 11.3 Å². The van der Waals surface area contributed by atoms with E-state index in [2.05, 4.69) is 37.4 Å². The highest BCUT2D eigenvalue weighted by atomic mass is 16.5. The van der Waals surface area contributed by atoms with E-state index in [1.807, 2.05) is 36.5 Å². The molecule has 0 spiro atoms. The molecule has 9 nitrogen and oxygen atoms in total. The van der Waals surface area contributed by atoms with Gasteiger partial charge in [0.25, 0.3) is 0 Å². The fourth-order valence-electron chi connectivity index (χ4n) is 3.73. The van der Waals surface area contributed by atoms with Crippen molar-refractivity contribution in [1.29, 1.82) is 0 Å². The molecule has 1 atom stereocenters. The van der Waals surface area contributed by atoms with Crippen molar-refractivity contribution in [2.75, 3.05) is 51.2 Å². The number of hydrogen-bond donors (Lipinski definition) is 2. The van der Waals surface area contributed by atoms with E-state index < -0.39 is 0 Å². The minimum atomic E-state index is 0.455. The zero-order valence-corrected chi connectivity index (χ0v) is 18.8. The minimum absolute atomic E-state index is 0.455. The summed E-state index contributed by atoms with van der Waals surface area (Å²) >= 11 is 0. The number of methoxy groups -OCH3 is 3. The number of hydrogen-bond acceptors (Lipinski definition) is 9. The first kappa shape index (κ1) is 21.6. The molecular formula is C23H28N6O3. The van der Waals surface area contributed by atoms with Gasteiger partial charge in [-0.25, -0.2) is 15.0 Å². The number of benzene rings is 1. The second kappa shape index (κ2) is 9.69. The molecule has 1 aliphatic rings. The number of nitrogens with zero attached hydrogens (tertiary/aromatic N) is 4. The highest BCUT2D eigenvalue weighted by molar-refractivity contribution is 5.67. The first-order chi connectivity index (χ1) is 15.6. The van der Waals surface area contributed by atoms with E-state index in [9.17, 15) is 0 Å². The summed E-state index contributed by atoms with van der Waals surface area (Å²) in [5, 5.41) is 6.66. The summed E-state index contributed by atoms with van der Waals surface area (Å²) in [6.45, 7) is 5.05. The van der Waals surface area contributed by atoms with Crippen LogP contribution in [0, 0.1) is 0 Å². The molecule has 168 valence electrons. The van der Waals surface area contributed by atoms with Crippen molar-refractivity contribution in [1.82, 2.24) is 20.3 Å². The van der Waals surface area contributed by atoms with Gasteiger partial charge in [0.05, 0.1) is 27.0 Å². The minimum Gasteiger partial charge on any atom is -0.493 e. The zero-order chi connectivity index (χ0) is 22.5. The maximum Gasteiger partial charge on any atom is 0.227 e. The summed E-state index contributed by atoms with van der Waals surface area (Å²) in [6.07, 6.45) is 3.57. The zero-order valence-electron chi connectivity index (χ0n) is 18.8. The van der Waals surface area contributed by atoms with Crippen molar-refractivity contribution in [2.45, 2.75) is 13.0 Å². The van der Waals surface area contributed by atoms with E-state index >= 15 is 0 Å². The number of nitrogens with one attached hydrogen (secondary N) is 2. The lowest BCUT2D eigenvalue weighted by Crippen LogP contribution is -2.49. The summed E-state index contributed by atoms with van der Waals surface area (Å²) < 4.78 is 16.2. The lowest BCUT2D eigenvalue weighted by molar-refractivity contribution is 0.324. The number of anilines is 3. The SMILES string of the molecule is COc1cc(Nc2nccc(-c3ccc(N4CCN[C@H](C)C4)nc3)n2)cc(OC)c1OC. The van der Waals surface area contributed by atoms with Gasteiger partial charge in [0, 0.05) is 61.5 Å². The van der Waals surface area contributed by atoms with E-state index in [0.29, 0.717) is 29.2 Å². The van der Waals surface area contributed by atoms with Gasteiger partial charge >= 0.3 is 0 Å². The smallest absolute Gasteiger partial charge is 0.227 e. The summed E-state index contributed by atoms with van der Waals surface area (Å²) in [5.41, 5.74) is 2.42. The van der Waals surface area contributed by atoms with Crippen LogP contribution in [0.2, 0.25) is 0 Å². The standard InChI is InChI=1S/C23H28N6O3/c1-15-14-29(10-9-24-15)21-6-5-16(13-26-21)18-7-8-25-23(28-18)27-17-11-19(30-2)22(32-4)20(12-17)31-3/h5-8,11-13,15,24H,9-10,14H2,1-4H3,(H,25,27,28)/t15-/m1/s1. The van der Waals surface area contributed by atoms with Crippen molar-refractivity contribution < 1.29 is 14.2 Å². The Labute approximate surface area is 187 Å². The number of ether oxygens (including phenoxy) is 3. The molecule has 3 heterocycles. The van der Waals surface area contributed by atoms with Crippen molar-refractivity contribution in [2.24, 2.45) is 0 Å². The molecule has 1 aromatic carbocycles. The monoisotopic (exact) mass is 436 g/mol. The fraction of sp³-hybridized carbons (Fsp3) is 0.348. The summed E-state index contributed by atoms with van der Waals surface area (Å²) in [7, 11) is 4.73. The molecule has 1 aliphatic heterocycles. The second-order valence-corrected chi connectivity index (χ2v) is 7.51. The van der Waals surface area contributed by atoms with Gasteiger partial charge in [-0.2, -0.15) is 0 Å². The lowest BCUT2D eigenvalue weighted by atomic mass is 10.2.